The average molecular weight is 182 g/mol. The third-order valence-corrected chi connectivity index (χ3v) is 0.993. The molecule has 0 saturated heterocycles. The number of nitriles is 1. The predicted molar refractivity (Wildman–Crippen MR) is 35.1 cm³/mol. The second-order valence-electron chi connectivity index (χ2n) is 2.18. The lowest BCUT2D eigenvalue weighted by Gasteiger charge is -2.07. The monoisotopic (exact) mass is 182 g/mol. The van der Waals surface area contributed by atoms with Crippen LogP contribution in [-0.4, -0.2) is 25.4 Å². The summed E-state index contributed by atoms with van der Waals surface area (Å²) < 4.78 is 39.0. The lowest BCUT2D eigenvalue weighted by Crippen LogP contribution is -2.25. The maximum absolute atomic E-state index is 11.5. The molecule has 0 aromatic carbocycles. The van der Waals surface area contributed by atoms with Crippen LogP contribution in [0.4, 0.5) is 13.2 Å². The normalized spacial score (nSPS) is 13.9. The van der Waals surface area contributed by atoms with E-state index in [2.05, 4.69) is 4.74 Å². The highest BCUT2D eigenvalue weighted by molar-refractivity contribution is 4.85. The van der Waals surface area contributed by atoms with E-state index in [0.29, 0.717) is 0 Å². The van der Waals surface area contributed by atoms with Gasteiger partial charge in [0.15, 0.2) is 0 Å². The van der Waals surface area contributed by atoms with Crippen LogP contribution in [0.2, 0.25) is 0 Å². The standard InChI is InChI=1S/C6H9F3N2O/c7-6(8,9)1-2-12-4-5(11)3-10/h5H,1-2,4,11H2. The second kappa shape index (κ2) is 4.95. The Balaban J connectivity index is 3.29. The topological polar surface area (TPSA) is 59.0 Å². The van der Waals surface area contributed by atoms with Crippen molar-refractivity contribution in [3.05, 3.63) is 0 Å². The van der Waals surface area contributed by atoms with Gasteiger partial charge in [0.1, 0.15) is 6.04 Å². The molecular weight excluding hydrogens is 173 g/mol. The minimum absolute atomic E-state index is 0.160. The molecule has 70 valence electrons. The van der Waals surface area contributed by atoms with Gasteiger partial charge in [-0.3, -0.25) is 0 Å². The molecule has 0 bridgehead atoms. The molecule has 0 aromatic rings. The molecule has 1 atom stereocenters. The Kier molecular flexibility index (Phi) is 4.62. The molecule has 0 rings (SSSR count). The van der Waals surface area contributed by atoms with E-state index >= 15 is 0 Å². The number of halogens is 3. The fraction of sp³-hybridized carbons (Fsp3) is 0.833. The van der Waals surface area contributed by atoms with Crippen molar-refractivity contribution in [2.75, 3.05) is 13.2 Å². The van der Waals surface area contributed by atoms with Crippen LogP contribution in [0.5, 0.6) is 0 Å². The fourth-order valence-corrected chi connectivity index (χ4v) is 0.435. The van der Waals surface area contributed by atoms with E-state index in [0.717, 1.165) is 0 Å². The Morgan fingerprint density at radius 3 is 2.50 bits per heavy atom. The SMILES string of the molecule is N#CC(N)COCCC(F)(F)F. The molecule has 2 N–H and O–H groups in total. The predicted octanol–water partition coefficient (Wildman–Crippen LogP) is 0.806. The van der Waals surface area contributed by atoms with E-state index in [1.807, 2.05) is 0 Å². The molecule has 0 spiro atoms. The molecule has 6 heteroatoms. The highest BCUT2D eigenvalue weighted by Crippen LogP contribution is 2.18. The van der Waals surface area contributed by atoms with Gasteiger partial charge in [-0.15, -0.1) is 0 Å². The average Bonchev–Trinajstić information content (AvgIpc) is 1.96. The smallest absolute Gasteiger partial charge is 0.378 e. The summed E-state index contributed by atoms with van der Waals surface area (Å²) in [6.45, 7) is -0.606. The van der Waals surface area contributed by atoms with E-state index in [9.17, 15) is 13.2 Å². The maximum atomic E-state index is 11.5. The molecule has 0 aliphatic heterocycles. The van der Waals surface area contributed by atoms with Crippen LogP contribution in [0.3, 0.4) is 0 Å². The quantitative estimate of drug-likeness (QED) is 0.654. The maximum Gasteiger partial charge on any atom is 0.391 e. The summed E-state index contributed by atoms with van der Waals surface area (Å²) in [4.78, 5) is 0. The molecule has 3 nitrogen and oxygen atoms in total. The summed E-state index contributed by atoms with van der Waals surface area (Å²) in [6.07, 6.45) is -5.22. The van der Waals surface area contributed by atoms with Gasteiger partial charge in [-0.25, -0.2) is 0 Å². The Labute approximate surface area is 67.9 Å². The van der Waals surface area contributed by atoms with Crippen molar-refractivity contribution in [2.24, 2.45) is 5.73 Å². The van der Waals surface area contributed by atoms with Crippen LogP contribution in [0.15, 0.2) is 0 Å². The number of ether oxygens (including phenoxy) is 1. The Morgan fingerprint density at radius 2 is 2.08 bits per heavy atom. The van der Waals surface area contributed by atoms with Crippen molar-refractivity contribution in [3.63, 3.8) is 0 Å². The van der Waals surface area contributed by atoms with Crippen molar-refractivity contribution in [1.82, 2.24) is 0 Å². The van der Waals surface area contributed by atoms with Gasteiger partial charge < -0.3 is 10.5 Å². The Morgan fingerprint density at radius 1 is 1.50 bits per heavy atom. The molecule has 0 fully saturated rings. The number of nitrogens with two attached hydrogens (primary N) is 1. The summed E-state index contributed by atoms with van der Waals surface area (Å²) in [5, 5.41) is 8.12. The van der Waals surface area contributed by atoms with Crippen molar-refractivity contribution >= 4 is 0 Å². The minimum atomic E-state index is -4.21. The third-order valence-electron chi connectivity index (χ3n) is 0.993. The molecule has 1 unspecified atom stereocenters. The summed E-state index contributed by atoms with van der Waals surface area (Å²) in [7, 11) is 0. The van der Waals surface area contributed by atoms with Gasteiger partial charge >= 0.3 is 6.18 Å². The summed E-state index contributed by atoms with van der Waals surface area (Å²) >= 11 is 0. The van der Waals surface area contributed by atoms with E-state index in [-0.39, 0.29) is 6.61 Å². The van der Waals surface area contributed by atoms with Gasteiger partial charge in [0.25, 0.3) is 0 Å². The first kappa shape index (κ1) is 11.2. The highest BCUT2D eigenvalue weighted by Gasteiger charge is 2.26. The van der Waals surface area contributed by atoms with Gasteiger partial charge in [0.05, 0.1) is 25.7 Å². The van der Waals surface area contributed by atoms with Gasteiger partial charge in [-0.05, 0) is 0 Å². The molecular formula is C6H9F3N2O. The lowest BCUT2D eigenvalue weighted by atomic mass is 10.4. The molecule has 12 heavy (non-hydrogen) atoms. The minimum Gasteiger partial charge on any atom is -0.378 e. The Hall–Kier alpha value is -0.800. The zero-order valence-electron chi connectivity index (χ0n) is 6.27. The summed E-state index contributed by atoms with van der Waals surface area (Å²) in [5.74, 6) is 0. The van der Waals surface area contributed by atoms with Gasteiger partial charge in [0, 0.05) is 0 Å². The molecule has 0 radical (unpaired) electrons. The molecule has 0 aliphatic rings. The number of hydrogen-bond acceptors (Lipinski definition) is 3. The fourth-order valence-electron chi connectivity index (χ4n) is 0.435. The van der Waals surface area contributed by atoms with E-state index in [1.165, 1.54) is 0 Å². The van der Waals surface area contributed by atoms with Crippen LogP contribution in [0.1, 0.15) is 6.42 Å². The van der Waals surface area contributed by atoms with Gasteiger partial charge in [-0.2, -0.15) is 18.4 Å². The van der Waals surface area contributed by atoms with Crippen LogP contribution < -0.4 is 5.73 Å². The molecule has 0 aliphatic carbocycles. The first-order valence-electron chi connectivity index (χ1n) is 3.25. The first-order chi connectivity index (χ1) is 5.45. The number of rotatable bonds is 4. The van der Waals surface area contributed by atoms with E-state index < -0.39 is 25.2 Å². The van der Waals surface area contributed by atoms with E-state index in [1.54, 1.807) is 6.07 Å². The summed E-state index contributed by atoms with van der Waals surface area (Å²) in [6, 6.07) is 0.785. The Bertz CT molecular complexity index is 163. The molecule has 0 amide bonds. The van der Waals surface area contributed by atoms with Crippen LogP contribution in [0.25, 0.3) is 0 Å². The largest absolute Gasteiger partial charge is 0.391 e. The number of hydrogen-bond donors (Lipinski definition) is 1. The second-order valence-corrected chi connectivity index (χ2v) is 2.18. The lowest BCUT2D eigenvalue weighted by molar-refractivity contribution is -0.145. The van der Waals surface area contributed by atoms with Gasteiger partial charge in [0.2, 0.25) is 0 Å². The molecule has 0 aromatic heterocycles. The molecule has 0 heterocycles. The van der Waals surface area contributed by atoms with Crippen molar-refractivity contribution in [3.8, 4) is 6.07 Å². The van der Waals surface area contributed by atoms with Crippen molar-refractivity contribution in [2.45, 2.75) is 18.6 Å². The van der Waals surface area contributed by atoms with Gasteiger partial charge in [-0.1, -0.05) is 0 Å². The molecule has 0 saturated carbocycles. The first-order valence-corrected chi connectivity index (χ1v) is 3.25. The van der Waals surface area contributed by atoms with Crippen LogP contribution >= 0.6 is 0 Å². The van der Waals surface area contributed by atoms with Crippen molar-refractivity contribution < 1.29 is 17.9 Å². The third kappa shape index (κ3) is 7.31. The van der Waals surface area contributed by atoms with Crippen LogP contribution in [-0.2, 0) is 4.74 Å². The summed E-state index contributed by atoms with van der Waals surface area (Å²) in [5.41, 5.74) is 5.06. The van der Waals surface area contributed by atoms with E-state index in [4.69, 9.17) is 11.0 Å². The van der Waals surface area contributed by atoms with Crippen molar-refractivity contribution in [1.29, 1.82) is 5.26 Å². The zero-order chi connectivity index (χ0) is 9.61. The van der Waals surface area contributed by atoms with Crippen LogP contribution in [0, 0.1) is 11.3 Å². The number of nitrogens with zero attached hydrogens (tertiary/aromatic N) is 1. The zero-order valence-corrected chi connectivity index (χ0v) is 6.27. The number of alkyl halides is 3. The highest BCUT2D eigenvalue weighted by atomic mass is 19.4.